The third-order valence-electron chi connectivity index (χ3n) is 3.60. The maximum atomic E-state index is 11.9. The number of nitrogens with zero attached hydrogens (tertiary/aromatic N) is 1. The van der Waals surface area contributed by atoms with Gasteiger partial charge < -0.3 is 10.3 Å². The highest BCUT2D eigenvalue weighted by molar-refractivity contribution is 5.83. The average Bonchev–Trinajstić information content (AvgIpc) is 2.94. The second-order valence-electron chi connectivity index (χ2n) is 5.20. The van der Waals surface area contributed by atoms with Crippen LogP contribution in [-0.2, 0) is 17.8 Å². The summed E-state index contributed by atoms with van der Waals surface area (Å²) in [5, 5.41) is 3.91. The van der Waals surface area contributed by atoms with Crippen LogP contribution in [0.25, 0.3) is 10.9 Å². The predicted octanol–water partition coefficient (Wildman–Crippen LogP) is 0.377. The molecule has 2 heterocycles. The minimum atomic E-state index is -0.593. The van der Waals surface area contributed by atoms with E-state index in [1.165, 1.54) is 12.3 Å². The third kappa shape index (κ3) is 3.39. The number of para-hydroxylation sites is 1. The van der Waals surface area contributed by atoms with E-state index in [-0.39, 0.29) is 12.5 Å². The van der Waals surface area contributed by atoms with Gasteiger partial charge in [0.25, 0.3) is 5.56 Å². The van der Waals surface area contributed by atoms with Crippen LogP contribution < -0.4 is 16.6 Å². The summed E-state index contributed by atoms with van der Waals surface area (Å²) < 4.78 is 1.16. The maximum Gasteiger partial charge on any atom is 0.328 e. The number of hydrogen-bond donors (Lipinski definition) is 3. The number of carbonyl (C=O) groups excluding carboxylic acids is 1. The van der Waals surface area contributed by atoms with E-state index in [2.05, 4.69) is 15.3 Å². The van der Waals surface area contributed by atoms with Gasteiger partial charge in [0.05, 0.1) is 0 Å². The van der Waals surface area contributed by atoms with Gasteiger partial charge in [-0.1, -0.05) is 18.2 Å². The van der Waals surface area contributed by atoms with Crippen molar-refractivity contribution in [3.05, 3.63) is 69.1 Å². The van der Waals surface area contributed by atoms with E-state index in [0.29, 0.717) is 13.0 Å². The molecule has 2 aromatic heterocycles. The normalized spacial score (nSPS) is 10.8. The summed E-state index contributed by atoms with van der Waals surface area (Å²) in [6, 6.07) is 9.18. The van der Waals surface area contributed by atoms with Crippen molar-refractivity contribution in [2.75, 3.05) is 6.54 Å². The Hall–Kier alpha value is -3.09. The number of nitrogens with one attached hydrogen (secondary N) is 3. The molecule has 7 heteroatoms. The number of hydrogen-bond acceptors (Lipinski definition) is 3. The van der Waals surface area contributed by atoms with Crippen LogP contribution in [0, 0.1) is 0 Å². The Balaban J connectivity index is 1.57. The minimum Gasteiger partial charge on any atom is -0.361 e. The quantitative estimate of drug-likeness (QED) is 0.635. The second kappa shape index (κ2) is 6.35. The molecule has 0 fully saturated rings. The lowest BCUT2D eigenvalue weighted by atomic mass is 10.1. The topological polar surface area (TPSA) is 99.8 Å². The molecule has 1 amide bonds. The molecule has 0 saturated heterocycles. The van der Waals surface area contributed by atoms with Crippen molar-refractivity contribution in [2.45, 2.75) is 13.0 Å². The standard InChI is InChI=1S/C16H16N4O3/c21-14-6-8-20(16(23)19-14)10-15(22)17-7-5-11-9-18-13-4-2-1-3-12(11)13/h1-4,6,8-9,18H,5,7,10H2,(H,17,22)(H,19,21,23). The third-order valence-corrected chi connectivity index (χ3v) is 3.60. The van der Waals surface area contributed by atoms with E-state index < -0.39 is 11.2 Å². The Labute approximate surface area is 131 Å². The summed E-state index contributed by atoms with van der Waals surface area (Å²) >= 11 is 0. The zero-order chi connectivity index (χ0) is 16.2. The number of aromatic amines is 2. The monoisotopic (exact) mass is 312 g/mol. The minimum absolute atomic E-state index is 0.122. The molecule has 0 spiro atoms. The summed E-state index contributed by atoms with van der Waals surface area (Å²) in [7, 11) is 0. The number of fused-ring (bicyclic) bond motifs is 1. The van der Waals surface area contributed by atoms with Crippen LogP contribution in [0.5, 0.6) is 0 Å². The summed E-state index contributed by atoms with van der Waals surface area (Å²) in [6.45, 7) is 0.349. The lowest BCUT2D eigenvalue weighted by molar-refractivity contribution is -0.121. The number of rotatable bonds is 5. The lowest BCUT2D eigenvalue weighted by Gasteiger charge is -2.06. The maximum absolute atomic E-state index is 11.9. The smallest absolute Gasteiger partial charge is 0.328 e. The summed E-state index contributed by atoms with van der Waals surface area (Å²) in [5.74, 6) is -0.279. The SMILES string of the molecule is O=C(Cn1ccc(=O)[nH]c1=O)NCCc1c[nH]c2ccccc12. The molecule has 0 aliphatic carbocycles. The van der Waals surface area contributed by atoms with Gasteiger partial charge in [-0.05, 0) is 18.1 Å². The highest BCUT2D eigenvalue weighted by Crippen LogP contribution is 2.17. The van der Waals surface area contributed by atoms with Gasteiger partial charge in [0.2, 0.25) is 5.91 Å². The van der Waals surface area contributed by atoms with Crippen molar-refractivity contribution in [3.8, 4) is 0 Å². The molecular formula is C16H16N4O3. The van der Waals surface area contributed by atoms with Crippen LogP contribution in [0.4, 0.5) is 0 Å². The molecule has 0 aliphatic heterocycles. The Morgan fingerprint density at radius 3 is 2.83 bits per heavy atom. The van der Waals surface area contributed by atoms with Crippen LogP contribution in [0.15, 0.2) is 52.3 Å². The van der Waals surface area contributed by atoms with Gasteiger partial charge >= 0.3 is 5.69 Å². The fraction of sp³-hybridized carbons (Fsp3) is 0.188. The largest absolute Gasteiger partial charge is 0.361 e. The van der Waals surface area contributed by atoms with Crippen molar-refractivity contribution >= 4 is 16.8 Å². The van der Waals surface area contributed by atoms with Crippen molar-refractivity contribution in [1.29, 1.82) is 0 Å². The molecule has 7 nitrogen and oxygen atoms in total. The molecule has 3 rings (SSSR count). The van der Waals surface area contributed by atoms with Gasteiger partial charge in [0, 0.05) is 35.9 Å². The first kappa shape index (κ1) is 14.8. The Kier molecular flexibility index (Phi) is 4.09. The fourth-order valence-electron chi connectivity index (χ4n) is 2.45. The van der Waals surface area contributed by atoms with Crippen molar-refractivity contribution < 1.29 is 4.79 Å². The summed E-state index contributed by atoms with van der Waals surface area (Å²) in [5.41, 5.74) is 1.12. The Morgan fingerprint density at radius 2 is 2.00 bits per heavy atom. The average molecular weight is 312 g/mol. The van der Waals surface area contributed by atoms with Gasteiger partial charge in [-0.25, -0.2) is 4.79 Å². The molecule has 0 aliphatic rings. The Bertz CT molecular complexity index is 951. The molecule has 0 atom stereocenters. The molecule has 118 valence electrons. The predicted molar refractivity (Wildman–Crippen MR) is 86.3 cm³/mol. The van der Waals surface area contributed by atoms with E-state index in [9.17, 15) is 14.4 Å². The zero-order valence-electron chi connectivity index (χ0n) is 12.3. The van der Waals surface area contributed by atoms with Crippen LogP contribution >= 0.6 is 0 Å². The molecule has 0 unspecified atom stereocenters. The van der Waals surface area contributed by atoms with E-state index in [1.54, 1.807) is 0 Å². The summed E-state index contributed by atoms with van der Waals surface area (Å²) in [4.78, 5) is 39.6. The number of benzene rings is 1. The highest BCUT2D eigenvalue weighted by atomic mass is 16.2. The van der Waals surface area contributed by atoms with Crippen molar-refractivity contribution in [2.24, 2.45) is 0 Å². The number of amides is 1. The van der Waals surface area contributed by atoms with E-state index in [0.717, 1.165) is 21.0 Å². The molecule has 0 radical (unpaired) electrons. The van der Waals surface area contributed by atoms with Crippen LogP contribution in [0.2, 0.25) is 0 Å². The summed E-state index contributed by atoms with van der Waals surface area (Å²) in [6.07, 6.45) is 3.93. The fourth-order valence-corrected chi connectivity index (χ4v) is 2.45. The van der Waals surface area contributed by atoms with Gasteiger partial charge in [-0.2, -0.15) is 0 Å². The second-order valence-corrected chi connectivity index (χ2v) is 5.20. The zero-order valence-corrected chi connectivity index (χ0v) is 12.3. The molecule has 23 heavy (non-hydrogen) atoms. The molecular weight excluding hydrogens is 296 g/mol. The van der Waals surface area contributed by atoms with Crippen LogP contribution in [0.1, 0.15) is 5.56 Å². The van der Waals surface area contributed by atoms with Gasteiger partial charge in [0.15, 0.2) is 0 Å². The molecule has 3 aromatic rings. The first-order chi connectivity index (χ1) is 11.1. The van der Waals surface area contributed by atoms with Crippen molar-refractivity contribution in [3.63, 3.8) is 0 Å². The molecule has 0 bridgehead atoms. The Morgan fingerprint density at radius 1 is 1.17 bits per heavy atom. The van der Waals surface area contributed by atoms with Gasteiger partial charge in [-0.15, -0.1) is 0 Å². The molecule has 1 aromatic carbocycles. The first-order valence-corrected chi connectivity index (χ1v) is 7.25. The number of carbonyl (C=O) groups is 1. The van der Waals surface area contributed by atoms with E-state index in [4.69, 9.17) is 0 Å². The van der Waals surface area contributed by atoms with Crippen LogP contribution in [0.3, 0.4) is 0 Å². The number of H-pyrrole nitrogens is 2. The van der Waals surface area contributed by atoms with Gasteiger partial charge in [0.1, 0.15) is 6.54 Å². The van der Waals surface area contributed by atoms with Gasteiger partial charge in [-0.3, -0.25) is 19.1 Å². The van der Waals surface area contributed by atoms with E-state index >= 15 is 0 Å². The highest BCUT2D eigenvalue weighted by Gasteiger charge is 2.06. The van der Waals surface area contributed by atoms with Crippen LogP contribution in [-0.4, -0.2) is 27.0 Å². The van der Waals surface area contributed by atoms with E-state index in [1.807, 2.05) is 30.5 Å². The molecule has 3 N–H and O–H groups in total. The first-order valence-electron chi connectivity index (χ1n) is 7.25. The number of aromatic nitrogens is 3. The lowest BCUT2D eigenvalue weighted by Crippen LogP contribution is -2.36. The van der Waals surface area contributed by atoms with Crippen molar-refractivity contribution in [1.82, 2.24) is 19.9 Å². The molecule has 0 saturated carbocycles.